The van der Waals surface area contributed by atoms with E-state index in [9.17, 15) is 44.9 Å². The molecular formula is C35H67NO18P+. The maximum absolute atomic E-state index is 13.3. The number of carbonyl (C=O) groups excluding carboxylic acids is 1. The highest BCUT2D eigenvalue weighted by atomic mass is 31.2. The van der Waals surface area contributed by atoms with Gasteiger partial charge in [0.1, 0.15) is 75.2 Å². The zero-order valence-corrected chi connectivity index (χ0v) is 33.6. The van der Waals surface area contributed by atoms with Gasteiger partial charge in [-0.05, 0) is 6.42 Å². The Hall–Kier alpha value is -1.20. The van der Waals surface area contributed by atoms with E-state index < -0.39 is 108 Å². The summed E-state index contributed by atoms with van der Waals surface area (Å²) in [5, 5.41) is 62.1. The Morgan fingerprint density at radius 1 is 0.945 bits per heavy atom. The average molecular weight is 821 g/mol. The summed E-state index contributed by atoms with van der Waals surface area (Å²) in [6.07, 6.45) is -4.68. The van der Waals surface area contributed by atoms with Gasteiger partial charge in [0.05, 0.1) is 47.6 Å². The third-order valence-electron chi connectivity index (χ3n) is 9.04. The number of quaternary nitrogens is 1. The molecule has 0 aromatic carbocycles. The molecular weight excluding hydrogens is 753 g/mol. The predicted octanol–water partition coefficient (Wildman–Crippen LogP) is 0.443. The molecule has 0 spiro atoms. The second-order valence-electron chi connectivity index (χ2n) is 14.8. The topological polar surface area (TPSA) is 259 Å². The number of phosphoric ester groups is 1. The molecule has 0 amide bonds. The van der Waals surface area contributed by atoms with E-state index in [0.717, 1.165) is 32.1 Å². The average Bonchev–Trinajstić information content (AvgIpc) is 3.41. The molecule has 20 heteroatoms. The minimum absolute atomic E-state index is 0.00782. The van der Waals surface area contributed by atoms with Gasteiger partial charge in [-0.3, -0.25) is 13.8 Å². The van der Waals surface area contributed by atoms with Crippen LogP contribution in [0.4, 0.5) is 0 Å². The summed E-state index contributed by atoms with van der Waals surface area (Å²) in [7, 11) is 0.555. The first-order chi connectivity index (χ1) is 26.1. The lowest BCUT2D eigenvalue weighted by molar-refractivity contribution is -0.870. The fourth-order valence-corrected chi connectivity index (χ4v) is 6.81. The Labute approximate surface area is 324 Å². The molecule has 2 saturated heterocycles. The molecule has 55 heavy (non-hydrogen) atoms. The zero-order chi connectivity index (χ0) is 41.1. The number of aliphatic hydroxyl groups excluding tert-OH is 6. The van der Waals surface area contributed by atoms with Crippen molar-refractivity contribution in [1.82, 2.24) is 0 Å². The molecule has 1 unspecified atom stereocenters. The van der Waals surface area contributed by atoms with E-state index in [4.69, 9.17) is 42.5 Å². The normalized spacial score (nSPS) is 30.2. The van der Waals surface area contributed by atoms with Crippen molar-refractivity contribution in [3.63, 3.8) is 0 Å². The van der Waals surface area contributed by atoms with Gasteiger partial charge in [-0.2, -0.15) is 0 Å². The Morgan fingerprint density at radius 3 is 2.16 bits per heavy atom. The summed E-state index contributed by atoms with van der Waals surface area (Å²) in [5.41, 5.74) is 0. The third-order valence-corrected chi connectivity index (χ3v) is 10.1. The lowest BCUT2D eigenvalue weighted by atomic mass is 9.99. The van der Waals surface area contributed by atoms with Gasteiger partial charge in [0, 0.05) is 6.42 Å². The van der Waals surface area contributed by atoms with Crippen LogP contribution in [-0.2, 0) is 51.9 Å². The van der Waals surface area contributed by atoms with Crippen molar-refractivity contribution in [2.24, 2.45) is 0 Å². The first kappa shape index (κ1) is 49.9. The van der Waals surface area contributed by atoms with Gasteiger partial charge < -0.3 is 63.7 Å². The summed E-state index contributed by atoms with van der Waals surface area (Å²) in [6.45, 7) is 1.98. The van der Waals surface area contributed by atoms with E-state index in [1.165, 1.54) is 25.3 Å². The Kier molecular flexibility index (Phi) is 23.0. The number of aliphatic hydroxyl groups is 6. The SMILES string of the molecule is C=CCOO[C@@H](CO)CO[C@H]1[C@H](OP(=O)(O)OCC[N+](C)(C)C)[C@@H](CO)O[C@@]1(COC(=O)CCCCCCCCCCC)O[C@H]1O[C@H](CO)[C@@H](O)[C@H](O)[C@H]1O. The Morgan fingerprint density at radius 2 is 1.58 bits per heavy atom. The Bertz CT molecular complexity index is 1130. The van der Waals surface area contributed by atoms with E-state index >= 15 is 0 Å². The minimum atomic E-state index is -4.95. The highest BCUT2D eigenvalue weighted by Crippen LogP contribution is 2.50. The number of phosphoric acid groups is 1. The molecule has 0 aromatic heterocycles. The van der Waals surface area contributed by atoms with Gasteiger partial charge in [-0.25, -0.2) is 14.3 Å². The van der Waals surface area contributed by atoms with Crippen LogP contribution in [0.3, 0.4) is 0 Å². The molecule has 2 heterocycles. The molecule has 0 aromatic rings. The first-order valence-electron chi connectivity index (χ1n) is 19.1. The summed E-state index contributed by atoms with van der Waals surface area (Å²) < 4.78 is 53.9. The van der Waals surface area contributed by atoms with Crippen molar-refractivity contribution in [3.8, 4) is 0 Å². The maximum atomic E-state index is 13.3. The van der Waals surface area contributed by atoms with Crippen molar-refractivity contribution in [1.29, 1.82) is 0 Å². The molecule has 2 aliphatic heterocycles. The van der Waals surface area contributed by atoms with Crippen LogP contribution in [0.5, 0.6) is 0 Å². The molecule has 0 saturated carbocycles. The number of ether oxygens (including phenoxy) is 5. The summed E-state index contributed by atoms with van der Waals surface area (Å²) in [6, 6.07) is 0. The number of carbonyl (C=O) groups is 1. The molecule has 0 bridgehead atoms. The Balaban J connectivity index is 2.42. The number of likely N-dealkylation sites (N-methyl/N-ethyl adjacent to an activating group) is 1. The van der Waals surface area contributed by atoms with E-state index in [1.807, 2.05) is 21.1 Å². The highest BCUT2D eigenvalue weighted by molar-refractivity contribution is 7.47. The van der Waals surface area contributed by atoms with Crippen LogP contribution in [0.1, 0.15) is 71.1 Å². The molecule has 2 rings (SSSR count). The van der Waals surface area contributed by atoms with Crippen molar-refractivity contribution in [2.75, 3.05) is 73.9 Å². The number of unbranched alkanes of at least 4 members (excludes halogenated alkanes) is 8. The van der Waals surface area contributed by atoms with Gasteiger partial charge in [0.25, 0.3) is 0 Å². The van der Waals surface area contributed by atoms with Crippen LogP contribution in [0.15, 0.2) is 12.7 Å². The van der Waals surface area contributed by atoms with Crippen LogP contribution >= 0.6 is 7.82 Å². The second-order valence-corrected chi connectivity index (χ2v) is 16.2. The van der Waals surface area contributed by atoms with Gasteiger partial charge in [0.2, 0.25) is 5.79 Å². The number of hydrogen-bond acceptors (Lipinski definition) is 17. The van der Waals surface area contributed by atoms with Crippen LogP contribution in [-0.4, -0.2) is 181 Å². The zero-order valence-electron chi connectivity index (χ0n) is 32.7. The lowest BCUT2D eigenvalue weighted by Crippen LogP contribution is -2.63. The van der Waals surface area contributed by atoms with E-state index in [2.05, 4.69) is 13.5 Å². The van der Waals surface area contributed by atoms with Crippen LogP contribution in [0.25, 0.3) is 0 Å². The van der Waals surface area contributed by atoms with E-state index in [1.54, 1.807) is 0 Å². The van der Waals surface area contributed by atoms with Gasteiger partial charge in [-0.1, -0.05) is 64.4 Å². The lowest BCUT2D eigenvalue weighted by Gasteiger charge is -2.44. The highest BCUT2D eigenvalue weighted by Gasteiger charge is 2.63. The van der Waals surface area contributed by atoms with Crippen molar-refractivity contribution < 1.29 is 91.9 Å². The monoisotopic (exact) mass is 820 g/mol. The number of nitrogens with zero attached hydrogens (tertiary/aromatic N) is 1. The summed E-state index contributed by atoms with van der Waals surface area (Å²) in [4.78, 5) is 34.0. The largest absolute Gasteiger partial charge is 0.472 e. The third kappa shape index (κ3) is 17.3. The molecule has 7 N–H and O–H groups in total. The number of rotatable bonds is 30. The van der Waals surface area contributed by atoms with Crippen molar-refractivity contribution >= 4 is 13.8 Å². The second kappa shape index (κ2) is 25.3. The van der Waals surface area contributed by atoms with Crippen molar-refractivity contribution in [2.45, 2.75) is 132 Å². The van der Waals surface area contributed by atoms with E-state index in [-0.39, 0.29) is 19.6 Å². The molecule has 0 radical (unpaired) electrons. The molecule has 0 aliphatic carbocycles. The van der Waals surface area contributed by atoms with Crippen LogP contribution < -0.4 is 0 Å². The number of esters is 1. The van der Waals surface area contributed by atoms with Crippen LogP contribution in [0.2, 0.25) is 0 Å². The molecule has 19 nitrogen and oxygen atoms in total. The minimum Gasteiger partial charge on any atom is -0.460 e. The molecule has 2 fully saturated rings. The maximum Gasteiger partial charge on any atom is 0.472 e. The van der Waals surface area contributed by atoms with Gasteiger partial charge >= 0.3 is 13.8 Å². The predicted molar refractivity (Wildman–Crippen MR) is 194 cm³/mol. The summed E-state index contributed by atoms with van der Waals surface area (Å²) in [5.74, 6) is -3.12. The van der Waals surface area contributed by atoms with Crippen LogP contribution in [0, 0.1) is 0 Å². The standard InChI is InChI=1S/C35H66NO18P/c1-6-8-9-10-11-12-13-14-15-16-28(40)47-24-35(52-34-31(43)30(42)29(41)26(21-38)50-34)33(46-23-25(20-37)53-48-18-7-2)32(27(22-39)51-35)54-55(44,45)49-19-17-36(3,4)5/h7,25-27,29-34,37-39,41-43H,2,6,8-24H2,1,3-5H3/p+1/t25-,26+,27+,29+,30-,31+,32+,33-,34+,35-/m0/s1. The number of hydrogen-bond donors (Lipinski definition) is 7. The van der Waals surface area contributed by atoms with Gasteiger partial charge in [-0.15, -0.1) is 6.58 Å². The smallest absolute Gasteiger partial charge is 0.460 e. The quantitative estimate of drug-likeness (QED) is 0.00987. The van der Waals surface area contributed by atoms with Gasteiger partial charge in [0.15, 0.2) is 6.29 Å². The summed E-state index contributed by atoms with van der Waals surface area (Å²) >= 11 is 0. The van der Waals surface area contributed by atoms with E-state index in [0.29, 0.717) is 17.4 Å². The molecule has 11 atom stereocenters. The first-order valence-corrected chi connectivity index (χ1v) is 20.6. The van der Waals surface area contributed by atoms with Crippen molar-refractivity contribution in [3.05, 3.63) is 12.7 Å². The molecule has 2 aliphatic rings. The molecule has 324 valence electrons. The fraction of sp³-hybridized carbons (Fsp3) is 0.914. The fourth-order valence-electron chi connectivity index (χ4n) is 5.88.